The van der Waals surface area contributed by atoms with E-state index in [4.69, 9.17) is 5.11 Å². The van der Waals surface area contributed by atoms with Gasteiger partial charge < -0.3 is 10.4 Å². The predicted octanol–water partition coefficient (Wildman–Crippen LogP) is 1.82. The summed E-state index contributed by atoms with van der Waals surface area (Å²) in [4.78, 5) is 23.1. The lowest BCUT2D eigenvalue weighted by molar-refractivity contribution is -0.144. The van der Waals surface area contributed by atoms with Crippen LogP contribution in [-0.4, -0.2) is 26.9 Å². The first-order valence-corrected chi connectivity index (χ1v) is 6.21. The van der Waals surface area contributed by atoms with Crippen molar-refractivity contribution in [1.82, 2.24) is 9.69 Å². The van der Waals surface area contributed by atoms with Crippen LogP contribution in [0.15, 0.2) is 5.38 Å². The molecule has 0 spiro atoms. The molecule has 0 radical (unpaired) electrons. The minimum atomic E-state index is -1.22. The van der Waals surface area contributed by atoms with Crippen LogP contribution in [0, 0.1) is 6.92 Å². The fourth-order valence-electron chi connectivity index (χ4n) is 1.55. The third-order valence-electron chi connectivity index (χ3n) is 2.61. The molecule has 17 heavy (non-hydrogen) atoms. The summed E-state index contributed by atoms with van der Waals surface area (Å²) in [6, 6.07) is 0. The first kappa shape index (κ1) is 13.6. The van der Waals surface area contributed by atoms with Crippen molar-refractivity contribution in [2.24, 2.45) is 0 Å². The van der Waals surface area contributed by atoms with E-state index in [-0.39, 0.29) is 5.91 Å². The maximum Gasteiger partial charge on any atom is 0.329 e. The van der Waals surface area contributed by atoms with Crippen LogP contribution in [0.1, 0.15) is 42.7 Å². The van der Waals surface area contributed by atoms with Crippen molar-refractivity contribution in [2.45, 2.75) is 39.2 Å². The summed E-state index contributed by atoms with van der Waals surface area (Å²) in [6.07, 6.45) is 1.08. The molecule has 1 aromatic rings. The Morgan fingerprint density at radius 1 is 1.59 bits per heavy atom. The zero-order valence-electron chi connectivity index (χ0n) is 10.1. The van der Waals surface area contributed by atoms with Gasteiger partial charge in [0, 0.05) is 5.38 Å². The average Bonchev–Trinajstić information content (AvgIpc) is 2.64. The van der Waals surface area contributed by atoms with E-state index < -0.39 is 11.5 Å². The quantitative estimate of drug-likeness (QED) is 0.842. The number of aryl methyl sites for hydroxylation is 1. The van der Waals surface area contributed by atoms with Gasteiger partial charge in [-0.25, -0.2) is 4.79 Å². The minimum Gasteiger partial charge on any atom is -0.480 e. The summed E-state index contributed by atoms with van der Waals surface area (Å²) in [5, 5.41) is 13.3. The second-order valence-electron chi connectivity index (χ2n) is 4.16. The Kier molecular flexibility index (Phi) is 4.22. The number of hydrogen-bond donors (Lipinski definition) is 2. The van der Waals surface area contributed by atoms with Gasteiger partial charge in [0.2, 0.25) is 0 Å². The molecule has 0 aliphatic rings. The molecule has 1 aromatic heterocycles. The number of carbonyl (C=O) groups excluding carboxylic acids is 1. The van der Waals surface area contributed by atoms with E-state index in [9.17, 15) is 9.59 Å². The number of carboxylic acids is 1. The van der Waals surface area contributed by atoms with Gasteiger partial charge in [-0.2, -0.15) is 4.37 Å². The van der Waals surface area contributed by atoms with Crippen molar-refractivity contribution < 1.29 is 14.7 Å². The van der Waals surface area contributed by atoms with Crippen LogP contribution < -0.4 is 5.32 Å². The zero-order chi connectivity index (χ0) is 13.1. The molecule has 0 aliphatic carbocycles. The van der Waals surface area contributed by atoms with Crippen molar-refractivity contribution in [3.05, 3.63) is 16.6 Å². The highest BCUT2D eigenvalue weighted by Gasteiger charge is 2.34. The lowest BCUT2D eigenvalue weighted by atomic mass is 9.96. The molecule has 1 atom stereocenters. The third-order valence-corrected chi connectivity index (χ3v) is 3.33. The SMILES string of the molecule is CCCC(C)(NC(=O)c1csnc1C)C(=O)O. The van der Waals surface area contributed by atoms with Gasteiger partial charge in [-0.3, -0.25) is 4.79 Å². The molecule has 1 heterocycles. The van der Waals surface area contributed by atoms with Crippen LogP contribution in [0.2, 0.25) is 0 Å². The van der Waals surface area contributed by atoms with Gasteiger partial charge in [0.25, 0.3) is 5.91 Å². The number of carboxylic acid groups (broad SMARTS) is 1. The van der Waals surface area contributed by atoms with Gasteiger partial charge in [0.15, 0.2) is 0 Å². The van der Waals surface area contributed by atoms with E-state index in [2.05, 4.69) is 9.69 Å². The Morgan fingerprint density at radius 2 is 2.24 bits per heavy atom. The smallest absolute Gasteiger partial charge is 0.329 e. The molecule has 0 aromatic carbocycles. The largest absolute Gasteiger partial charge is 0.480 e. The number of carbonyl (C=O) groups is 2. The summed E-state index contributed by atoms with van der Waals surface area (Å²) >= 11 is 1.18. The normalized spacial score (nSPS) is 14.1. The number of hydrogen-bond acceptors (Lipinski definition) is 4. The molecule has 1 unspecified atom stereocenters. The average molecular weight is 256 g/mol. The third kappa shape index (κ3) is 3.03. The molecule has 2 N–H and O–H groups in total. The van der Waals surface area contributed by atoms with Gasteiger partial charge >= 0.3 is 5.97 Å². The highest BCUT2D eigenvalue weighted by atomic mass is 32.1. The molecular weight excluding hydrogens is 240 g/mol. The lowest BCUT2D eigenvalue weighted by Gasteiger charge is -2.25. The number of aromatic nitrogens is 1. The summed E-state index contributed by atoms with van der Waals surface area (Å²) in [5.74, 6) is -1.40. The molecule has 0 fully saturated rings. The van der Waals surface area contributed by atoms with Crippen molar-refractivity contribution in [2.75, 3.05) is 0 Å². The van der Waals surface area contributed by atoms with E-state index >= 15 is 0 Å². The van der Waals surface area contributed by atoms with Crippen molar-refractivity contribution >= 4 is 23.4 Å². The van der Waals surface area contributed by atoms with E-state index in [0.717, 1.165) is 0 Å². The second-order valence-corrected chi connectivity index (χ2v) is 4.78. The lowest BCUT2D eigenvalue weighted by Crippen LogP contribution is -2.52. The Labute approximate surface area is 104 Å². The maximum atomic E-state index is 11.9. The first-order chi connectivity index (χ1) is 7.90. The Hall–Kier alpha value is -1.43. The van der Waals surface area contributed by atoms with Crippen LogP contribution in [0.25, 0.3) is 0 Å². The molecule has 5 nitrogen and oxygen atoms in total. The van der Waals surface area contributed by atoms with Crippen LogP contribution in [0.4, 0.5) is 0 Å². The van der Waals surface area contributed by atoms with Gasteiger partial charge in [0.05, 0.1) is 11.3 Å². The minimum absolute atomic E-state index is 0.380. The van der Waals surface area contributed by atoms with Crippen LogP contribution in [-0.2, 0) is 4.79 Å². The molecule has 1 amide bonds. The van der Waals surface area contributed by atoms with Crippen LogP contribution in [0.3, 0.4) is 0 Å². The highest BCUT2D eigenvalue weighted by molar-refractivity contribution is 7.03. The van der Waals surface area contributed by atoms with Gasteiger partial charge in [-0.15, -0.1) is 0 Å². The molecule has 94 valence electrons. The number of aliphatic carboxylic acids is 1. The number of rotatable bonds is 5. The number of nitrogens with zero attached hydrogens (tertiary/aromatic N) is 1. The molecule has 0 aliphatic heterocycles. The summed E-state index contributed by atoms with van der Waals surface area (Å²) in [7, 11) is 0. The van der Waals surface area contributed by atoms with Crippen molar-refractivity contribution in [1.29, 1.82) is 0 Å². The van der Waals surface area contributed by atoms with Gasteiger partial charge in [-0.05, 0) is 31.8 Å². The van der Waals surface area contributed by atoms with E-state index in [1.54, 1.807) is 12.3 Å². The Bertz CT molecular complexity index is 430. The molecular formula is C11H16N2O3S. The highest BCUT2D eigenvalue weighted by Crippen LogP contribution is 2.16. The number of amides is 1. The van der Waals surface area contributed by atoms with Crippen LogP contribution in [0.5, 0.6) is 0 Å². The summed E-state index contributed by atoms with van der Waals surface area (Å²) < 4.78 is 3.99. The van der Waals surface area contributed by atoms with Gasteiger partial charge in [0.1, 0.15) is 5.54 Å². The zero-order valence-corrected chi connectivity index (χ0v) is 10.9. The topological polar surface area (TPSA) is 79.3 Å². The van der Waals surface area contributed by atoms with E-state index in [1.165, 1.54) is 18.5 Å². The fraction of sp³-hybridized carbons (Fsp3) is 0.545. The van der Waals surface area contributed by atoms with E-state index in [0.29, 0.717) is 24.1 Å². The summed E-state index contributed by atoms with van der Waals surface area (Å²) in [6.45, 7) is 5.12. The van der Waals surface area contributed by atoms with Crippen molar-refractivity contribution in [3.63, 3.8) is 0 Å². The molecule has 0 saturated carbocycles. The van der Waals surface area contributed by atoms with E-state index in [1.807, 2.05) is 6.92 Å². The maximum absolute atomic E-state index is 11.9. The predicted molar refractivity (Wildman–Crippen MR) is 65.3 cm³/mol. The fourth-order valence-corrected chi connectivity index (χ4v) is 2.24. The molecule has 0 bridgehead atoms. The summed E-state index contributed by atoms with van der Waals surface area (Å²) in [5.41, 5.74) is -0.157. The van der Waals surface area contributed by atoms with Gasteiger partial charge in [-0.1, -0.05) is 13.3 Å². The first-order valence-electron chi connectivity index (χ1n) is 5.37. The number of nitrogens with one attached hydrogen (secondary N) is 1. The molecule has 6 heteroatoms. The Balaban J connectivity index is 2.85. The van der Waals surface area contributed by atoms with Crippen LogP contribution >= 0.6 is 11.5 Å². The van der Waals surface area contributed by atoms with Crippen molar-refractivity contribution in [3.8, 4) is 0 Å². The molecule has 1 rings (SSSR count). The standard InChI is InChI=1S/C11H16N2O3S/c1-4-5-11(3,10(15)16)12-9(14)8-6-17-13-7(8)2/h6H,4-5H2,1-3H3,(H,12,14)(H,15,16). The monoisotopic (exact) mass is 256 g/mol. The Morgan fingerprint density at radius 3 is 2.65 bits per heavy atom. The molecule has 0 saturated heterocycles. The second kappa shape index (κ2) is 5.27.